The van der Waals surface area contributed by atoms with Crippen LogP contribution in [0, 0.1) is 0 Å². The van der Waals surface area contributed by atoms with Crippen molar-refractivity contribution in [2.24, 2.45) is 0 Å². The number of methoxy groups -OCH3 is 1. The van der Waals surface area contributed by atoms with E-state index in [1.807, 2.05) is 12.1 Å². The fourth-order valence-electron chi connectivity index (χ4n) is 1.92. The molecular formula is C16H22N2O5S. The van der Waals surface area contributed by atoms with Crippen LogP contribution in [0.5, 0.6) is 5.75 Å². The van der Waals surface area contributed by atoms with Crippen molar-refractivity contribution in [3.8, 4) is 5.75 Å². The van der Waals surface area contributed by atoms with Crippen molar-refractivity contribution in [2.45, 2.75) is 24.8 Å². The van der Waals surface area contributed by atoms with Crippen molar-refractivity contribution in [1.82, 2.24) is 10.2 Å². The maximum Gasteiger partial charge on any atom is 0.326 e. The number of amides is 2. The molecule has 1 atom stereocenters. The first-order valence-electron chi connectivity index (χ1n) is 7.38. The summed E-state index contributed by atoms with van der Waals surface area (Å²) in [6.07, 6.45) is 0. The van der Waals surface area contributed by atoms with Crippen LogP contribution in [0.2, 0.25) is 0 Å². The first-order valence-corrected chi connectivity index (χ1v) is 8.37. The number of rotatable bonds is 9. The molecule has 0 spiro atoms. The second-order valence-corrected chi connectivity index (χ2v) is 6.10. The zero-order chi connectivity index (χ0) is 18.1. The van der Waals surface area contributed by atoms with Crippen LogP contribution in [-0.4, -0.2) is 59.8 Å². The molecule has 2 amide bonds. The Morgan fingerprint density at radius 1 is 1.29 bits per heavy atom. The quantitative estimate of drug-likeness (QED) is 0.648. The Balaban J connectivity index is 2.64. The van der Waals surface area contributed by atoms with Crippen LogP contribution >= 0.6 is 11.8 Å². The number of ether oxygens (including phenoxy) is 1. The molecule has 7 nitrogen and oxygen atoms in total. The van der Waals surface area contributed by atoms with Gasteiger partial charge in [-0.1, -0.05) is 0 Å². The Hall–Kier alpha value is -2.22. The normalized spacial score (nSPS) is 11.5. The van der Waals surface area contributed by atoms with Crippen LogP contribution in [-0.2, 0) is 14.4 Å². The number of carbonyl (C=O) groups excluding carboxylic acids is 2. The lowest BCUT2D eigenvalue weighted by Crippen LogP contribution is -2.47. The second kappa shape index (κ2) is 9.82. The van der Waals surface area contributed by atoms with Crippen LogP contribution in [0.25, 0.3) is 0 Å². The third kappa shape index (κ3) is 6.49. The molecule has 0 radical (unpaired) electrons. The van der Waals surface area contributed by atoms with Crippen molar-refractivity contribution in [3.63, 3.8) is 0 Å². The smallest absolute Gasteiger partial charge is 0.326 e. The Labute approximate surface area is 145 Å². The Kier molecular flexibility index (Phi) is 8.11. The molecule has 8 heteroatoms. The maximum atomic E-state index is 12.4. The van der Waals surface area contributed by atoms with Crippen LogP contribution in [0.4, 0.5) is 0 Å². The fourth-order valence-corrected chi connectivity index (χ4v) is 2.70. The number of carbonyl (C=O) groups is 3. The van der Waals surface area contributed by atoms with Gasteiger partial charge in [-0.2, -0.15) is 0 Å². The molecule has 0 bridgehead atoms. The van der Waals surface area contributed by atoms with Crippen molar-refractivity contribution >= 4 is 29.5 Å². The molecule has 0 aliphatic heterocycles. The molecule has 0 heterocycles. The highest BCUT2D eigenvalue weighted by molar-refractivity contribution is 8.00. The van der Waals surface area contributed by atoms with Gasteiger partial charge in [-0.15, -0.1) is 11.8 Å². The first-order chi connectivity index (χ1) is 11.3. The Morgan fingerprint density at radius 2 is 1.92 bits per heavy atom. The van der Waals surface area contributed by atoms with Crippen molar-refractivity contribution < 1.29 is 24.2 Å². The van der Waals surface area contributed by atoms with Gasteiger partial charge in [0.05, 0.1) is 12.9 Å². The third-order valence-electron chi connectivity index (χ3n) is 3.29. The summed E-state index contributed by atoms with van der Waals surface area (Å²) in [6, 6.07) is 6.29. The summed E-state index contributed by atoms with van der Waals surface area (Å²) >= 11 is 1.32. The van der Waals surface area contributed by atoms with Gasteiger partial charge in [-0.25, -0.2) is 4.79 Å². The number of thioether (sulfide) groups is 1. The van der Waals surface area contributed by atoms with Crippen molar-refractivity contribution in [1.29, 1.82) is 0 Å². The summed E-state index contributed by atoms with van der Waals surface area (Å²) in [6.45, 7) is 3.18. The molecule has 0 fully saturated rings. The first kappa shape index (κ1) is 19.8. The molecule has 1 unspecified atom stereocenters. The summed E-state index contributed by atoms with van der Waals surface area (Å²) in [7, 11) is 1.58. The third-order valence-corrected chi connectivity index (χ3v) is 4.29. The van der Waals surface area contributed by atoms with E-state index in [4.69, 9.17) is 9.84 Å². The summed E-state index contributed by atoms with van der Waals surface area (Å²) in [5.41, 5.74) is 0. The summed E-state index contributed by atoms with van der Waals surface area (Å²) in [5, 5.41) is 11.7. The molecule has 24 heavy (non-hydrogen) atoms. The molecule has 0 saturated carbocycles. The van der Waals surface area contributed by atoms with E-state index in [9.17, 15) is 14.4 Å². The van der Waals surface area contributed by atoms with E-state index < -0.39 is 12.0 Å². The zero-order valence-electron chi connectivity index (χ0n) is 13.9. The number of carboxylic acid groups (broad SMARTS) is 1. The molecule has 2 N–H and O–H groups in total. The standard InChI is InChI=1S/C16H22N2O5S/c1-11(16(21)22)18(9-8-17-12(2)19)15(20)10-24-14-6-4-13(23-3)5-7-14/h4-7,11H,8-10H2,1-3H3,(H,17,19)(H,21,22). The van der Waals surface area contributed by atoms with Crippen LogP contribution in [0.1, 0.15) is 13.8 Å². The minimum Gasteiger partial charge on any atom is -0.497 e. The van der Waals surface area contributed by atoms with Crippen LogP contribution in [0.15, 0.2) is 29.2 Å². The number of carboxylic acids is 1. The molecule has 0 aromatic heterocycles. The fraction of sp³-hybridized carbons (Fsp3) is 0.438. The van der Waals surface area contributed by atoms with Gasteiger partial charge in [0, 0.05) is 24.9 Å². The average Bonchev–Trinajstić information content (AvgIpc) is 2.56. The van der Waals surface area contributed by atoms with Crippen molar-refractivity contribution in [2.75, 3.05) is 26.0 Å². The number of hydrogen-bond acceptors (Lipinski definition) is 5. The molecule has 1 aromatic rings. The number of nitrogens with zero attached hydrogens (tertiary/aromatic N) is 1. The molecule has 1 aromatic carbocycles. The van der Waals surface area contributed by atoms with E-state index in [1.165, 1.54) is 30.5 Å². The van der Waals surface area contributed by atoms with E-state index >= 15 is 0 Å². The minimum atomic E-state index is -1.08. The van der Waals surface area contributed by atoms with E-state index in [1.54, 1.807) is 19.2 Å². The van der Waals surface area contributed by atoms with E-state index in [0.717, 1.165) is 10.6 Å². The van der Waals surface area contributed by atoms with Crippen molar-refractivity contribution in [3.05, 3.63) is 24.3 Å². The number of benzene rings is 1. The van der Waals surface area contributed by atoms with Crippen LogP contribution < -0.4 is 10.1 Å². The highest BCUT2D eigenvalue weighted by Crippen LogP contribution is 2.21. The van der Waals surface area contributed by atoms with Gasteiger partial charge in [0.25, 0.3) is 0 Å². The SMILES string of the molecule is COc1ccc(SCC(=O)N(CCNC(C)=O)C(C)C(=O)O)cc1. The van der Waals surface area contributed by atoms with Gasteiger partial charge >= 0.3 is 5.97 Å². The van der Waals surface area contributed by atoms with Gasteiger partial charge in [0.2, 0.25) is 11.8 Å². The lowest BCUT2D eigenvalue weighted by molar-refractivity contribution is -0.148. The molecule has 0 saturated heterocycles. The molecule has 1 rings (SSSR count). The predicted molar refractivity (Wildman–Crippen MR) is 91.2 cm³/mol. The van der Waals surface area contributed by atoms with E-state index in [-0.39, 0.29) is 30.7 Å². The number of hydrogen-bond donors (Lipinski definition) is 2. The largest absolute Gasteiger partial charge is 0.497 e. The highest BCUT2D eigenvalue weighted by Gasteiger charge is 2.25. The lowest BCUT2D eigenvalue weighted by Gasteiger charge is -2.26. The molecular weight excluding hydrogens is 332 g/mol. The Morgan fingerprint density at radius 3 is 2.42 bits per heavy atom. The molecule has 0 aliphatic carbocycles. The predicted octanol–water partition coefficient (Wildman–Crippen LogP) is 1.23. The molecule has 132 valence electrons. The van der Waals surface area contributed by atoms with Gasteiger partial charge in [-0.05, 0) is 31.2 Å². The number of nitrogens with one attached hydrogen (secondary N) is 1. The summed E-state index contributed by atoms with van der Waals surface area (Å²) in [5.74, 6) is -0.763. The topological polar surface area (TPSA) is 95.9 Å². The molecule has 0 aliphatic rings. The lowest BCUT2D eigenvalue weighted by atomic mass is 10.2. The summed E-state index contributed by atoms with van der Waals surface area (Å²) in [4.78, 5) is 36.6. The zero-order valence-corrected chi connectivity index (χ0v) is 14.8. The Bertz CT molecular complexity index is 576. The van der Waals surface area contributed by atoms with Gasteiger partial charge in [-0.3, -0.25) is 9.59 Å². The van der Waals surface area contributed by atoms with E-state index in [2.05, 4.69) is 5.32 Å². The maximum absolute atomic E-state index is 12.4. The average molecular weight is 354 g/mol. The highest BCUT2D eigenvalue weighted by atomic mass is 32.2. The van der Waals surface area contributed by atoms with Gasteiger partial charge in [0.15, 0.2) is 0 Å². The number of aliphatic carboxylic acids is 1. The van der Waals surface area contributed by atoms with E-state index in [0.29, 0.717) is 0 Å². The van der Waals surface area contributed by atoms with Crippen LogP contribution in [0.3, 0.4) is 0 Å². The monoisotopic (exact) mass is 354 g/mol. The van der Waals surface area contributed by atoms with Gasteiger partial charge in [0.1, 0.15) is 11.8 Å². The second-order valence-electron chi connectivity index (χ2n) is 5.05. The minimum absolute atomic E-state index is 0.115. The van der Waals surface area contributed by atoms with Gasteiger partial charge < -0.3 is 20.1 Å². The summed E-state index contributed by atoms with van der Waals surface area (Å²) < 4.78 is 5.07.